The van der Waals surface area contributed by atoms with Gasteiger partial charge in [0.05, 0.1) is 26.9 Å². The van der Waals surface area contributed by atoms with Gasteiger partial charge in [-0.2, -0.15) is 0 Å². The molecule has 1 fully saturated rings. The number of methoxy groups -OCH3 is 2. The number of β-amino-alcohol motifs (C(OH)–C–C–N with tert-alkyl or cyclic N) is 1. The number of hydrogen-bond donors (Lipinski definition) is 2. The van der Waals surface area contributed by atoms with Gasteiger partial charge in [0.15, 0.2) is 0 Å². The summed E-state index contributed by atoms with van der Waals surface area (Å²) in [5.41, 5.74) is 7.57. The molecule has 40 heavy (non-hydrogen) atoms. The molecule has 0 bridgehead atoms. The molecule has 1 aliphatic heterocycles. The van der Waals surface area contributed by atoms with Crippen LogP contribution in [0.25, 0.3) is 0 Å². The van der Waals surface area contributed by atoms with Crippen molar-refractivity contribution in [2.24, 2.45) is 5.92 Å². The van der Waals surface area contributed by atoms with Crippen molar-refractivity contribution in [3.8, 4) is 11.5 Å². The van der Waals surface area contributed by atoms with E-state index in [1.54, 1.807) is 19.1 Å². The number of aliphatic hydroxyl groups is 2. The summed E-state index contributed by atoms with van der Waals surface area (Å²) in [6.45, 7) is 9.18. The number of nitrogens with zero attached hydrogens (tertiary/aromatic N) is 2. The quantitative estimate of drug-likeness (QED) is 0.498. The number of carbonyl (C=O) groups is 1. The van der Waals surface area contributed by atoms with Crippen LogP contribution in [0.5, 0.6) is 11.5 Å². The third kappa shape index (κ3) is 7.45. The van der Waals surface area contributed by atoms with E-state index in [4.69, 9.17) is 9.47 Å². The molecule has 2 aromatic carbocycles. The lowest BCUT2D eigenvalue weighted by Gasteiger charge is -2.29. The van der Waals surface area contributed by atoms with Crippen molar-refractivity contribution < 1.29 is 24.5 Å². The maximum atomic E-state index is 13.5. The van der Waals surface area contributed by atoms with Gasteiger partial charge in [0, 0.05) is 56.7 Å². The van der Waals surface area contributed by atoms with Crippen molar-refractivity contribution in [3.05, 3.63) is 69.8 Å². The lowest BCUT2D eigenvalue weighted by Crippen LogP contribution is -2.43. The van der Waals surface area contributed by atoms with E-state index in [9.17, 15) is 15.0 Å². The number of amides is 1. The van der Waals surface area contributed by atoms with Crippen molar-refractivity contribution in [1.29, 1.82) is 0 Å². The van der Waals surface area contributed by atoms with Gasteiger partial charge in [-0.15, -0.1) is 0 Å². The van der Waals surface area contributed by atoms with E-state index in [0.717, 1.165) is 43.9 Å². The van der Waals surface area contributed by atoms with Crippen LogP contribution in [0.2, 0.25) is 0 Å². The van der Waals surface area contributed by atoms with Crippen molar-refractivity contribution >= 4 is 5.91 Å². The van der Waals surface area contributed by atoms with Crippen LogP contribution in [0, 0.1) is 19.8 Å². The normalized spacial score (nSPS) is 21.4. The molecule has 0 radical (unpaired) electrons. The molecule has 4 rings (SSSR count). The first-order chi connectivity index (χ1) is 19.2. The summed E-state index contributed by atoms with van der Waals surface area (Å²) in [4.78, 5) is 17.6. The Hall–Kier alpha value is -2.87. The summed E-state index contributed by atoms with van der Waals surface area (Å²) in [5.74, 6) is 2.05. The summed E-state index contributed by atoms with van der Waals surface area (Å²) < 4.78 is 11.4. The highest BCUT2D eigenvalue weighted by molar-refractivity contribution is 5.76. The highest BCUT2D eigenvalue weighted by atomic mass is 16.5. The molecule has 1 unspecified atom stereocenters. The van der Waals surface area contributed by atoms with Gasteiger partial charge >= 0.3 is 0 Å². The summed E-state index contributed by atoms with van der Waals surface area (Å²) in [7, 11) is 3.38. The number of rotatable bonds is 7. The van der Waals surface area contributed by atoms with E-state index in [1.165, 1.54) is 33.4 Å². The van der Waals surface area contributed by atoms with Crippen LogP contribution >= 0.6 is 0 Å². The predicted molar refractivity (Wildman–Crippen MR) is 158 cm³/mol. The largest absolute Gasteiger partial charge is 0.497 e. The minimum Gasteiger partial charge on any atom is -0.497 e. The van der Waals surface area contributed by atoms with Gasteiger partial charge in [0.1, 0.15) is 11.5 Å². The number of carbonyl (C=O) groups excluding carboxylic acids is 1. The van der Waals surface area contributed by atoms with E-state index in [0.29, 0.717) is 19.5 Å². The lowest BCUT2D eigenvalue weighted by atomic mass is 9.86. The molecular formula is C33H46N2O5. The molecule has 218 valence electrons. The van der Waals surface area contributed by atoms with Gasteiger partial charge in [-0.25, -0.2) is 0 Å². The highest BCUT2D eigenvalue weighted by Gasteiger charge is 2.29. The summed E-state index contributed by atoms with van der Waals surface area (Å²) in [5, 5.41) is 19.7. The van der Waals surface area contributed by atoms with Crippen molar-refractivity contribution in [2.45, 2.75) is 65.0 Å². The zero-order valence-electron chi connectivity index (χ0n) is 24.8. The molecule has 0 aromatic heterocycles. The molecule has 2 aromatic rings. The molecule has 7 heteroatoms. The van der Waals surface area contributed by atoms with Crippen LogP contribution in [-0.2, 0) is 17.8 Å². The fraction of sp³-hybridized carbons (Fsp3) is 0.545. The smallest absolute Gasteiger partial charge is 0.222 e. The number of allylic oxidation sites excluding steroid dienone is 1. The van der Waals surface area contributed by atoms with Crippen molar-refractivity contribution in [3.63, 3.8) is 0 Å². The van der Waals surface area contributed by atoms with E-state index >= 15 is 0 Å². The monoisotopic (exact) mass is 550 g/mol. The Kier molecular flexibility index (Phi) is 10.3. The molecule has 2 N–H and O–H groups in total. The second-order valence-corrected chi connectivity index (χ2v) is 11.6. The topological polar surface area (TPSA) is 82.5 Å². The summed E-state index contributed by atoms with van der Waals surface area (Å²) in [6.07, 6.45) is 4.35. The number of aryl methyl sites for hydroxylation is 2. The molecule has 1 aliphatic carbocycles. The SMILES string of the molecule is COc1cc2c(c(OC)c1)[C@@H](C)C=C1CCN(Cc3cc(C)cc(C)c3)CCN(C[C@@H](O)CO)C(=O)CCC1C2. The fourth-order valence-corrected chi connectivity index (χ4v) is 6.46. The molecule has 7 nitrogen and oxygen atoms in total. The lowest BCUT2D eigenvalue weighted by molar-refractivity contribution is -0.133. The average Bonchev–Trinajstić information content (AvgIpc) is 3.07. The maximum Gasteiger partial charge on any atom is 0.222 e. The fourth-order valence-electron chi connectivity index (χ4n) is 6.46. The zero-order valence-corrected chi connectivity index (χ0v) is 24.8. The average molecular weight is 551 g/mol. The van der Waals surface area contributed by atoms with Crippen LogP contribution in [0.15, 0.2) is 42.0 Å². The Bertz CT molecular complexity index is 1190. The second-order valence-electron chi connectivity index (χ2n) is 11.6. The van der Waals surface area contributed by atoms with E-state index in [2.05, 4.69) is 56.0 Å². The summed E-state index contributed by atoms with van der Waals surface area (Å²) >= 11 is 0. The number of benzene rings is 2. The molecule has 2 aliphatic rings. The van der Waals surface area contributed by atoms with Gasteiger partial charge in [-0.3, -0.25) is 9.69 Å². The van der Waals surface area contributed by atoms with E-state index < -0.39 is 6.10 Å². The molecular weight excluding hydrogens is 504 g/mol. The first-order valence-electron chi connectivity index (χ1n) is 14.5. The molecule has 0 spiro atoms. The Morgan fingerprint density at radius 2 is 1.75 bits per heavy atom. The van der Waals surface area contributed by atoms with Gasteiger partial charge in [-0.1, -0.05) is 47.9 Å². The van der Waals surface area contributed by atoms with Crippen molar-refractivity contribution in [1.82, 2.24) is 9.80 Å². The Labute approximate surface area is 239 Å². The van der Waals surface area contributed by atoms with Crippen LogP contribution < -0.4 is 9.47 Å². The Morgan fingerprint density at radius 3 is 2.42 bits per heavy atom. The Morgan fingerprint density at radius 1 is 1.00 bits per heavy atom. The molecule has 0 saturated carbocycles. The predicted octanol–water partition coefficient (Wildman–Crippen LogP) is 4.39. The van der Waals surface area contributed by atoms with Gasteiger partial charge < -0.3 is 24.6 Å². The van der Waals surface area contributed by atoms with Crippen LogP contribution in [-0.4, -0.2) is 79.0 Å². The molecule has 1 saturated heterocycles. The first-order valence-corrected chi connectivity index (χ1v) is 14.5. The minimum absolute atomic E-state index is 0.0286. The number of ether oxygens (including phenoxy) is 2. The first kappa shape index (κ1) is 30.1. The summed E-state index contributed by atoms with van der Waals surface area (Å²) in [6, 6.07) is 10.7. The molecule has 3 atom stereocenters. The van der Waals surface area contributed by atoms with Crippen molar-refractivity contribution in [2.75, 3.05) is 47.0 Å². The molecule has 1 heterocycles. The van der Waals surface area contributed by atoms with Gasteiger partial charge in [-0.05, 0) is 56.2 Å². The zero-order chi connectivity index (χ0) is 28.8. The van der Waals surface area contributed by atoms with E-state index in [1.807, 2.05) is 6.07 Å². The molecule has 1 amide bonds. The number of aliphatic hydroxyl groups excluding tert-OH is 2. The second kappa shape index (κ2) is 13.7. The third-order valence-electron chi connectivity index (χ3n) is 8.36. The Balaban J connectivity index is 1.67. The number of fused-ring (bicyclic) bond motifs is 2. The number of hydrogen-bond acceptors (Lipinski definition) is 6. The van der Waals surface area contributed by atoms with Gasteiger partial charge in [0.2, 0.25) is 5.91 Å². The van der Waals surface area contributed by atoms with Crippen LogP contribution in [0.1, 0.15) is 59.9 Å². The van der Waals surface area contributed by atoms with E-state index in [-0.39, 0.29) is 30.9 Å². The standard InChI is InChI=1S/C33H46N2O5/c1-22-12-23(2)14-25(13-22)19-34-9-8-27-15-24(3)33-28(17-30(39-4)18-31(33)40-5)16-26(27)6-7-32(38)35(11-10-34)20-29(37)21-36/h12-15,17-18,24,26,29,36-37H,6-11,16,19-21H2,1-5H3/t24-,26?,29+/m0/s1. The third-order valence-corrected chi connectivity index (χ3v) is 8.36. The van der Waals surface area contributed by atoms with Crippen LogP contribution in [0.3, 0.4) is 0 Å². The minimum atomic E-state index is -0.942. The van der Waals surface area contributed by atoms with Gasteiger partial charge in [0.25, 0.3) is 0 Å². The highest BCUT2D eigenvalue weighted by Crippen LogP contribution is 2.42. The van der Waals surface area contributed by atoms with Crippen LogP contribution in [0.4, 0.5) is 0 Å². The maximum absolute atomic E-state index is 13.5.